The SMILES string of the molecule is CCCN(CCCNC(=O)OC1CCC1)C(=O)C1=Cc2sc(CCCCCNC(=O)[C@H](CO)NC(=O)CCOCCOCCOCCOCCOCCOCCOCCOCCOCCOCCC(=O)Oc3c(F)c(F)c(S(=O)(=O)O)c(F)c3F)cc2N=C(N)C1. The number of alkyl carbamates (subject to hydrolysis) is 1. The Morgan fingerprint density at radius 1 is 0.681 bits per heavy atom. The fourth-order valence-corrected chi connectivity index (χ4v) is 10.0. The number of hydrogen-bond donors (Lipinski definition) is 6. The molecule has 1 aliphatic carbocycles. The van der Waals surface area contributed by atoms with Gasteiger partial charge >= 0.3 is 22.2 Å². The second-order valence-electron chi connectivity index (χ2n) is 20.3. The third-order valence-corrected chi connectivity index (χ3v) is 15.2. The quantitative estimate of drug-likeness (QED) is 0.0136. The van der Waals surface area contributed by atoms with Crippen LogP contribution in [0.1, 0.15) is 87.3 Å². The molecule has 27 nitrogen and oxygen atoms in total. The van der Waals surface area contributed by atoms with Crippen molar-refractivity contribution in [1.29, 1.82) is 0 Å². The molecule has 7 N–H and O–H groups in total. The van der Waals surface area contributed by atoms with Crippen LogP contribution in [0.15, 0.2) is 21.5 Å². The third-order valence-electron chi connectivity index (χ3n) is 13.1. The zero-order chi connectivity index (χ0) is 66.1. The predicted octanol–water partition coefficient (Wildman–Crippen LogP) is 4.09. The topological polar surface area (TPSA) is 348 Å². The summed E-state index contributed by atoms with van der Waals surface area (Å²) in [5, 5.41) is 17.9. The van der Waals surface area contributed by atoms with Crippen LogP contribution in [-0.4, -0.2) is 236 Å². The largest absolute Gasteiger partial charge is 0.446 e. The van der Waals surface area contributed by atoms with E-state index >= 15 is 0 Å². The number of nitrogens with one attached hydrogen (secondary N) is 3. The van der Waals surface area contributed by atoms with Gasteiger partial charge in [0.05, 0.1) is 156 Å². The minimum atomic E-state index is -5.66. The Kier molecular flexibility index (Phi) is 39.1. The summed E-state index contributed by atoms with van der Waals surface area (Å²) in [5.74, 6) is -13.4. The number of unbranched alkanes of at least 4 members (excludes halogenated alkanes) is 2. The summed E-state index contributed by atoms with van der Waals surface area (Å²) >= 11 is 1.57. The van der Waals surface area contributed by atoms with E-state index in [1.54, 1.807) is 16.2 Å². The van der Waals surface area contributed by atoms with Crippen LogP contribution in [0.5, 0.6) is 5.75 Å². The first-order valence-corrected chi connectivity index (χ1v) is 32.6. The molecule has 1 atom stereocenters. The van der Waals surface area contributed by atoms with Gasteiger partial charge in [-0.1, -0.05) is 13.3 Å². The molecule has 2 aromatic rings. The number of aryl methyl sites for hydroxylation is 1. The van der Waals surface area contributed by atoms with Gasteiger partial charge in [0.2, 0.25) is 35.1 Å². The maximum atomic E-state index is 14.0. The van der Waals surface area contributed by atoms with E-state index in [0.29, 0.717) is 130 Å². The number of benzene rings is 1. The van der Waals surface area contributed by atoms with Crippen molar-refractivity contribution < 1.29 is 116 Å². The molecule has 0 bridgehead atoms. The molecule has 2 heterocycles. The molecule has 1 aromatic heterocycles. The van der Waals surface area contributed by atoms with Crippen molar-refractivity contribution in [3.8, 4) is 5.75 Å². The van der Waals surface area contributed by atoms with E-state index in [1.807, 2.05) is 19.1 Å². The number of halogens is 4. The Balaban J connectivity index is 0.860. The Hall–Kier alpha value is -5.53. The Labute approximate surface area is 531 Å². The van der Waals surface area contributed by atoms with E-state index in [2.05, 4.69) is 25.7 Å². The van der Waals surface area contributed by atoms with Crippen LogP contribution in [0.4, 0.5) is 28.0 Å². The van der Waals surface area contributed by atoms with E-state index in [-0.39, 0.29) is 77.7 Å². The molecule has 91 heavy (non-hydrogen) atoms. The van der Waals surface area contributed by atoms with Crippen LogP contribution in [0.2, 0.25) is 0 Å². The van der Waals surface area contributed by atoms with E-state index in [0.717, 1.165) is 60.4 Å². The number of aliphatic imine (C=N–C) groups is 1. The number of rotatable bonds is 52. The Bertz CT molecular complexity index is 2660. The van der Waals surface area contributed by atoms with Gasteiger partial charge in [0.1, 0.15) is 18.0 Å². The van der Waals surface area contributed by atoms with Gasteiger partial charge in [-0.2, -0.15) is 17.2 Å². The fraction of sp³-hybridized carbons (Fsp3) is 0.690. The predicted molar refractivity (Wildman–Crippen MR) is 321 cm³/mol. The number of carbonyl (C=O) groups excluding carboxylic acids is 5. The van der Waals surface area contributed by atoms with Crippen molar-refractivity contribution in [1.82, 2.24) is 20.9 Å². The van der Waals surface area contributed by atoms with Crippen molar-refractivity contribution >= 4 is 68.8 Å². The normalized spacial score (nSPS) is 13.6. The van der Waals surface area contributed by atoms with E-state index in [9.17, 15) is 55.1 Å². The molecule has 0 spiro atoms. The van der Waals surface area contributed by atoms with Gasteiger partial charge in [-0.3, -0.25) is 23.7 Å². The van der Waals surface area contributed by atoms with Crippen LogP contribution in [0, 0.1) is 23.3 Å². The third kappa shape index (κ3) is 31.8. The molecule has 1 fully saturated rings. The average Bonchev–Trinajstić information content (AvgIpc) is 1.34. The first kappa shape index (κ1) is 77.9. The molecule has 0 saturated heterocycles. The van der Waals surface area contributed by atoms with Gasteiger partial charge in [0, 0.05) is 49.5 Å². The molecule has 4 rings (SSSR count). The summed E-state index contributed by atoms with van der Waals surface area (Å²) in [5.41, 5.74) is 7.59. The summed E-state index contributed by atoms with van der Waals surface area (Å²) in [4.78, 5) is 68.9. The number of amides is 4. The second kappa shape index (κ2) is 45.7. The smallest absolute Gasteiger partial charge is 0.407 e. The van der Waals surface area contributed by atoms with Gasteiger partial charge in [0.25, 0.3) is 0 Å². The first-order chi connectivity index (χ1) is 43.9. The molecule has 516 valence electrons. The minimum Gasteiger partial charge on any atom is -0.446 e. The van der Waals surface area contributed by atoms with E-state index in [4.69, 9.17) is 62.4 Å². The Morgan fingerprint density at radius 2 is 1.18 bits per heavy atom. The number of nitrogens with two attached hydrogens (primary N) is 1. The van der Waals surface area contributed by atoms with Gasteiger partial charge in [-0.15, -0.1) is 11.3 Å². The highest BCUT2D eigenvalue weighted by atomic mass is 32.2. The molecule has 2 aliphatic rings. The summed E-state index contributed by atoms with van der Waals surface area (Å²) in [6.07, 6.45) is 8.51. The molecule has 1 saturated carbocycles. The number of hydrogen-bond acceptors (Lipinski definition) is 23. The van der Waals surface area contributed by atoms with Gasteiger partial charge in [-0.05, 0) is 63.5 Å². The number of carbonyl (C=O) groups is 5. The van der Waals surface area contributed by atoms with E-state index in [1.165, 1.54) is 0 Å². The second-order valence-corrected chi connectivity index (χ2v) is 22.9. The number of nitrogens with zero attached hydrogens (tertiary/aromatic N) is 2. The highest BCUT2D eigenvalue weighted by molar-refractivity contribution is 7.85. The lowest BCUT2D eigenvalue weighted by atomic mass is 9.96. The van der Waals surface area contributed by atoms with Crippen molar-refractivity contribution in [3.63, 3.8) is 0 Å². The molecule has 4 amide bonds. The lowest BCUT2D eigenvalue weighted by Crippen LogP contribution is -2.49. The van der Waals surface area contributed by atoms with Crippen LogP contribution >= 0.6 is 11.3 Å². The molecule has 0 unspecified atom stereocenters. The number of ether oxygens (including phenoxy) is 12. The van der Waals surface area contributed by atoms with Gasteiger partial charge in [-0.25, -0.2) is 18.6 Å². The van der Waals surface area contributed by atoms with Crippen LogP contribution < -0.4 is 26.4 Å². The molecule has 0 radical (unpaired) electrons. The van der Waals surface area contributed by atoms with Crippen LogP contribution in [0.3, 0.4) is 0 Å². The highest BCUT2D eigenvalue weighted by Crippen LogP contribution is 2.36. The van der Waals surface area contributed by atoms with Crippen LogP contribution in [0.25, 0.3) is 6.08 Å². The van der Waals surface area contributed by atoms with Crippen molar-refractivity contribution in [2.45, 2.75) is 101 Å². The van der Waals surface area contributed by atoms with Crippen molar-refractivity contribution in [3.05, 3.63) is 44.7 Å². The fourth-order valence-electron chi connectivity index (χ4n) is 8.30. The zero-order valence-corrected chi connectivity index (χ0v) is 53.1. The molecule has 1 aliphatic heterocycles. The highest BCUT2D eigenvalue weighted by Gasteiger charge is 2.34. The number of amidine groups is 1. The number of thiophene rings is 1. The van der Waals surface area contributed by atoms with Crippen molar-refractivity contribution in [2.24, 2.45) is 10.7 Å². The summed E-state index contributed by atoms with van der Waals surface area (Å²) in [6.45, 7) is 8.45. The Morgan fingerprint density at radius 3 is 1.65 bits per heavy atom. The monoisotopic (exact) mass is 1340 g/mol. The van der Waals surface area contributed by atoms with Gasteiger partial charge < -0.3 is 88.5 Å². The number of esters is 1. The zero-order valence-electron chi connectivity index (χ0n) is 51.4. The molecular weight excluding hydrogens is 1260 g/mol. The molecular formula is C58H88F4N6O21S2. The minimum absolute atomic E-state index is 0.00728. The average molecular weight is 1350 g/mol. The molecule has 1 aromatic carbocycles. The van der Waals surface area contributed by atoms with E-state index < -0.39 is 87.0 Å². The maximum Gasteiger partial charge on any atom is 0.407 e. The summed E-state index contributed by atoms with van der Waals surface area (Å²) < 4.78 is 150. The van der Waals surface area contributed by atoms with Crippen molar-refractivity contribution in [2.75, 3.05) is 165 Å². The number of aliphatic hydroxyl groups is 1. The molecule has 33 heteroatoms. The maximum absolute atomic E-state index is 14.0. The summed E-state index contributed by atoms with van der Waals surface area (Å²) in [7, 11) is -5.66. The summed E-state index contributed by atoms with van der Waals surface area (Å²) in [6, 6.07) is 0.910. The number of fused-ring (bicyclic) bond motifs is 1. The lowest BCUT2D eigenvalue weighted by molar-refractivity contribution is -0.136. The van der Waals surface area contributed by atoms with Gasteiger partial charge in [0.15, 0.2) is 16.5 Å². The standard InChI is InChI=1S/C58H88F4N6O21S2/c1-2-15-68(16-7-14-65-58(74)88-42-8-6-9-42)57(73)41-37-46-44(66-47(63)38-41)39-43(90-46)10-4-3-5-13-64-56(72)45(40-69)67-48(70)11-17-78-19-21-80-23-25-82-27-29-84-31-33-86-35-36-87-34-32-85-30-28-83-26-24-81-22-20-79-18-12-49(71)89-54-50(59)52(61)55(91(75,76)77)53(62)51(54)60/h37,39,42,45,69H,2-36,38,40H2,1H3,(H2,63,66)(H,64,72)(H,65,74)(H,67,70)(H,75,76,77)/t45-/m0/s1. The number of aliphatic hydroxyl groups excluding tert-OH is 1. The first-order valence-electron chi connectivity index (χ1n) is 30.3. The van der Waals surface area contributed by atoms with Crippen LogP contribution in [-0.2, 0) is 87.8 Å². The lowest BCUT2D eigenvalue weighted by Gasteiger charge is -2.25.